The first-order chi connectivity index (χ1) is 5.79. The maximum atomic E-state index is 5.31. The van der Waals surface area contributed by atoms with Gasteiger partial charge in [-0.1, -0.05) is 13.8 Å². The minimum absolute atomic E-state index is 0.365. The molecule has 0 amide bonds. The molecule has 0 N–H and O–H groups in total. The van der Waals surface area contributed by atoms with Gasteiger partial charge in [0.15, 0.2) is 0 Å². The summed E-state index contributed by atoms with van der Waals surface area (Å²) < 4.78 is 5.31. The molecule has 0 spiro atoms. The Hall–Kier alpha value is -0.0800. The highest BCUT2D eigenvalue weighted by Crippen LogP contribution is 2.31. The van der Waals surface area contributed by atoms with E-state index < -0.39 is 0 Å². The lowest BCUT2D eigenvalue weighted by Gasteiger charge is -2.36. The summed E-state index contributed by atoms with van der Waals surface area (Å²) in [6, 6.07) is 0. The molecule has 1 fully saturated rings. The van der Waals surface area contributed by atoms with Gasteiger partial charge in [-0.25, -0.2) is 0 Å². The van der Waals surface area contributed by atoms with Crippen LogP contribution in [0.5, 0.6) is 0 Å². The highest BCUT2D eigenvalue weighted by atomic mass is 16.5. The van der Waals surface area contributed by atoms with Crippen molar-refractivity contribution >= 4 is 0 Å². The van der Waals surface area contributed by atoms with Crippen molar-refractivity contribution in [3.05, 3.63) is 0 Å². The Labute approximate surface area is 75.9 Å². The molecule has 2 nitrogen and oxygen atoms in total. The van der Waals surface area contributed by atoms with E-state index in [0.29, 0.717) is 5.54 Å². The van der Waals surface area contributed by atoms with Crippen LogP contribution in [0.1, 0.15) is 33.1 Å². The van der Waals surface area contributed by atoms with Crippen LogP contribution in [0.25, 0.3) is 0 Å². The second-order valence-electron chi connectivity index (χ2n) is 3.69. The molecule has 1 unspecified atom stereocenters. The van der Waals surface area contributed by atoms with E-state index in [-0.39, 0.29) is 0 Å². The van der Waals surface area contributed by atoms with E-state index in [4.69, 9.17) is 4.74 Å². The van der Waals surface area contributed by atoms with Gasteiger partial charge in [0, 0.05) is 12.6 Å². The van der Waals surface area contributed by atoms with E-state index >= 15 is 0 Å². The molecule has 12 heavy (non-hydrogen) atoms. The molecule has 1 saturated heterocycles. The van der Waals surface area contributed by atoms with Crippen molar-refractivity contribution in [1.29, 1.82) is 0 Å². The maximum absolute atomic E-state index is 5.31. The molecule has 72 valence electrons. The van der Waals surface area contributed by atoms with Crippen LogP contribution in [-0.4, -0.2) is 37.2 Å². The van der Waals surface area contributed by atoms with Crippen molar-refractivity contribution in [3.8, 4) is 0 Å². The zero-order chi connectivity index (χ0) is 9.03. The molecular formula is C10H21NO. The third kappa shape index (κ3) is 1.64. The van der Waals surface area contributed by atoms with Gasteiger partial charge in [0.1, 0.15) is 0 Å². The largest absolute Gasteiger partial charge is 0.383 e. The maximum Gasteiger partial charge on any atom is 0.0646 e. The molecule has 0 aromatic heterocycles. The minimum Gasteiger partial charge on any atom is -0.383 e. The number of likely N-dealkylation sites (N-methyl/N-ethyl adjacent to an activating group) is 1. The van der Waals surface area contributed by atoms with Crippen LogP contribution in [-0.2, 0) is 4.74 Å². The van der Waals surface area contributed by atoms with E-state index in [1.807, 2.05) is 7.11 Å². The van der Waals surface area contributed by atoms with Gasteiger partial charge in [0.2, 0.25) is 0 Å². The van der Waals surface area contributed by atoms with Crippen molar-refractivity contribution in [2.75, 3.05) is 26.8 Å². The minimum atomic E-state index is 0.365. The lowest BCUT2D eigenvalue weighted by Crippen LogP contribution is -2.46. The molecule has 2 heteroatoms. The van der Waals surface area contributed by atoms with Crippen LogP contribution < -0.4 is 0 Å². The van der Waals surface area contributed by atoms with E-state index in [2.05, 4.69) is 18.7 Å². The second-order valence-corrected chi connectivity index (χ2v) is 3.69. The lowest BCUT2D eigenvalue weighted by molar-refractivity contribution is 0.0381. The summed E-state index contributed by atoms with van der Waals surface area (Å²) in [6.07, 6.45) is 3.87. The third-order valence-electron chi connectivity index (χ3n) is 3.19. The Morgan fingerprint density at radius 2 is 2.17 bits per heavy atom. The molecule has 1 aliphatic rings. The first-order valence-electron chi connectivity index (χ1n) is 5.03. The Morgan fingerprint density at radius 1 is 1.42 bits per heavy atom. The Balaban J connectivity index is 2.61. The highest BCUT2D eigenvalue weighted by Gasteiger charge is 2.38. The van der Waals surface area contributed by atoms with Crippen molar-refractivity contribution in [2.24, 2.45) is 0 Å². The molecule has 1 rings (SSSR count). The number of hydrogen-bond acceptors (Lipinski definition) is 2. The van der Waals surface area contributed by atoms with Gasteiger partial charge >= 0.3 is 0 Å². The zero-order valence-corrected chi connectivity index (χ0v) is 8.60. The van der Waals surface area contributed by atoms with Gasteiger partial charge in [0.05, 0.1) is 6.61 Å². The van der Waals surface area contributed by atoms with Gasteiger partial charge in [-0.3, -0.25) is 4.90 Å². The number of hydrogen-bond donors (Lipinski definition) is 0. The smallest absolute Gasteiger partial charge is 0.0646 e. The fourth-order valence-electron chi connectivity index (χ4n) is 2.42. The number of likely N-dealkylation sites (tertiary alicyclic amines) is 1. The SMILES string of the molecule is CCN1CCCC1(CC)COC. The van der Waals surface area contributed by atoms with Crippen LogP contribution in [0.2, 0.25) is 0 Å². The normalized spacial score (nSPS) is 31.2. The highest BCUT2D eigenvalue weighted by molar-refractivity contribution is 4.94. The molecule has 0 bridgehead atoms. The van der Waals surface area contributed by atoms with Crippen molar-refractivity contribution in [1.82, 2.24) is 4.90 Å². The number of ether oxygens (including phenoxy) is 1. The van der Waals surface area contributed by atoms with Gasteiger partial charge in [-0.2, -0.15) is 0 Å². The molecule has 1 atom stereocenters. The van der Waals surface area contributed by atoms with Crippen LogP contribution in [0, 0.1) is 0 Å². The lowest BCUT2D eigenvalue weighted by atomic mass is 9.94. The predicted molar refractivity (Wildman–Crippen MR) is 51.4 cm³/mol. The molecule has 0 radical (unpaired) electrons. The predicted octanol–water partition coefficient (Wildman–Crippen LogP) is 1.90. The average Bonchev–Trinajstić information content (AvgIpc) is 2.49. The Bertz CT molecular complexity index is 138. The van der Waals surface area contributed by atoms with Gasteiger partial charge < -0.3 is 4.74 Å². The van der Waals surface area contributed by atoms with E-state index in [0.717, 1.165) is 13.2 Å². The number of nitrogens with zero attached hydrogens (tertiary/aromatic N) is 1. The van der Waals surface area contributed by atoms with Gasteiger partial charge in [-0.15, -0.1) is 0 Å². The van der Waals surface area contributed by atoms with Gasteiger partial charge in [0.25, 0.3) is 0 Å². The number of rotatable bonds is 4. The summed E-state index contributed by atoms with van der Waals surface area (Å²) in [5, 5.41) is 0. The van der Waals surface area contributed by atoms with E-state index in [1.165, 1.54) is 25.8 Å². The summed E-state index contributed by atoms with van der Waals surface area (Å²) in [7, 11) is 1.81. The molecule has 0 aromatic rings. The standard InChI is InChI=1S/C10H21NO/c1-4-10(9-12-3)7-6-8-11(10)5-2/h4-9H2,1-3H3. The van der Waals surface area contributed by atoms with E-state index in [9.17, 15) is 0 Å². The monoisotopic (exact) mass is 171 g/mol. The van der Waals surface area contributed by atoms with Crippen LogP contribution in [0.15, 0.2) is 0 Å². The second kappa shape index (κ2) is 4.24. The third-order valence-corrected chi connectivity index (χ3v) is 3.19. The molecule has 1 aliphatic heterocycles. The van der Waals surface area contributed by atoms with Gasteiger partial charge in [-0.05, 0) is 32.4 Å². The Morgan fingerprint density at radius 3 is 2.67 bits per heavy atom. The number of methoxy groups -OCH3 is 1. The topological polar surface area (TPSA) is 12.5 Å². The quantitative estimate of drug-likeness (QED) is 0.640. The van der Waals surface area contributed by atoms with Crippen molar-refractivity contribution < 1.29 is 4.74 Å². The molecule has 1 heterocycles. The Kier molecular flexibility index (Phi) is 3.53. The van der Waals surface area contributed by atoms with E-state index in [1.54, 1.807) is 0 Å². The first-order valence-corrected chi connectivity index (χ1v) is 5.03. The molecule has 0 aliphatic carbocycles. The summed E-state index contributed by atoms with van der Waals surface area (Å²) >= 11 is 0. The summed E-state index contributed by atoms with van der Waals surface area (Å²) in [6.45, 7) is 7.83. The van der Waals surface area contributed by atoms with Crippen LogP contribution in [0.3, 0.4) is 0 Å². The first kappa shape index (κ1) is 10.0. The molecule has 0 aromatic carbocycles. The van der Waals surface area contributed by atoms with Crippen molar-refractivity contribution in [2.45, 2.75) is 38.6 Å². The fourth-order valence-corrected chi connectivity index (χ4v) is 2.42. The van der Waals surface area contributed by atoms with Crippen molar-refractivity contribution in [3.63, 3.8) is 0 Å². The summed E-state index contributed by atoms with van der Waals surface area (Å²) in [4.78, 5) is 2.57. The summed E-state index contributed by atoms with van der Waals surface area (Å²) in [5.74, 6) is 0. The summed E-state index contributed by atoms with van der Waals surface area (Å²) in [5.41, 5.74) is 0.365. The fraction of sp³-hybridized carbons (Fsp3) is 1.00. The molecular weight excluding hydrogens is 150 g/mol. The van der Waals surface area contributed by atoms with Crippen LogP contribution >= 0.6 is 0 Å². The zero-order valence-electron chi connectivity index (χ0n) is 8.60. The molecule has 0 saturated carbocycles. The average molecular weight is 171 g/mol. The van der Waals surface area contributed by atoms with Crippen LogP contribution in [0.4, 0.5) is 0 Å².